The molecular formula is C24H22F3N3O. The molecule has 4 rings (SSSR count). The van der Waals surface area contributed by atoms with E-state index in [0.29, 0.717) is 12.1 Å². The first-order valence-corrected chi connectivity index (χ1v) is 9.92. The number of amides is 1. The number of pyridine rings is 1. The zero-order valence-corrected chi connectivity index (χ0v) is 17.4. The van der Waals surface area contributed by atoms with Crippen molar-refractivity contribution < 1.29 is 18.0 Å². The number of rotatable bonds is 3. The maximum Gasteiger partial charge on any atom is 0.416 e. The monoisotopic (exact) mass is 425 g/mol. The quantitative estimate of drug-likeness (QED) is 0.561. The fourth-order valence-corrected chi connectivity index (χ4v) is 3.99. The van der Waals surface area contributed by atoms with Gasteiger partial charge in [-0.3, -0.25) is 4.79 Å². The second kappa shape index (κ2) is 7.72. The number of likely N-dealkylation sites (N-methyl/N-ethyl adjacent to an activating group) is 1. The lowest BCUT2D eigenvalue weighted by Crippen LogP contribution is -2.44. The van der Waals surface area contributed by atoms with E-state index in [2.05, 4.69) is 4.98 Å². The SMILES string of the molecule is Cc1cccc(N(C)C(=O)C2Cc3ccccc3N2c2cc(C(F)(F)F)cc(C)n2)c1. The largest absolute Gasteiger partial charge is 0.416 e. The number of hydrogen-bond donors (Lipinski definition) is 0. The summed E-state index contributed by atoms with van der Waals surface area (Å²) in [4.78, 5) is 21.1. The maximum absolute atomic E-state index is 13.5. The second-order valence-corrected chi connectivity index (χ2v) is 7.81. The summed E-state index contributed by atoms with van der Waals surface area (Å²) in [7, 11) is 1.68. The number of carbonyl (C=O) groups is 1. The fourth-order valence-electron chi connectivity index (χ4n) is 3.99. The van der Waals surface area contributed by atoms with Gasteiger partial charge < -0.3 is 9.80 Å². The number of carbonyl (C=O) groups excluding carboxylic acids is 1. The molecule has 0 radical (unpaired) electrons. The standard InChI is InChI=1S/C24H22F3N3O/c1-15-7-6-9-19(11-15)29(3)23(31)21-13-17-8-4-5-10-20(17)30(21)22-14-18(24(25,26)27)12-16(2)28-22/h4-12,14,21H,13H2,1-3H3. The minimum Gasteiger partial charge on any atom is -0.314 e. The van der Waals surface area contributed by atoms with Gasteiger partial charge in [-0.25, -0.2) is 4.98 Å². The van der Waals surface area contributed by atoms with Crippen LogP contribution in [0, 0.1) is 13.8 Å². The van der Waals surface area contributed by atoms with Gasteiger partial charge in [0.1, 0.15) is 11.9 Å². The van der Waals surface area contributed by atoms with Crippen LogP contribution in [-0.4, -0.2) is 24.0 Å². The van der Waals surface area contributed by atoms with Crippen molar-refractivity contribution in [1.29, 1.82) is 0 Å². The van der Waals surface area contributed by atoms with Gasteiger partial charge in [0.15, 0.2) is 0 Å². The molecular weight excluding hydrogens is 403 g/mol. The third-order valence-electron chi connectivity index (χ3n) is 5.49. The van der Waals surface area contributed by atoms with Crippen molar-refractivity contribution in [2.45, 2.75) is 32.5 Å². The second-order valence-electron chi connectivity index (χ2n) is 7.81. The Morgan fingerprint density at radius 1 is 1.06 bits per heavy atom. The van der Waals surface area contributed by atoms with Crippen molar-refractivity contribution in [3.8, 4) is 0 Å². The summed E-state index contributed by atoms with van der Waals surface area (Å²) in [5, 5.41) is 0. The molecule has 0 spiro atoms. The summed E-state index contributed by atoms with van der Waals surface area (Å²) in [6.45, 7) is 3.46. The van der Waals surface area contributed by atoms with Crippen molar-refractivity contribution in [2.24, 2.45) is 0 Å². The average Bonchev–Trinajstić information content (AvgIpc) is 3.11. The Morgan fingerprint density at radius 3 is 2.52 bits per heavy atom. The topological polar surface area (TPSA) is 36.4 Å². The number of benzene rings is 2. The van der Waals surface area contributed by atoms with Gasteiger partial charge in [-0.05, 0) is 55.3 Å². The van der Waals surface area contributed by atoms with Gasteiger partial charge in [-0.2, -0.15) is 13.2 Å². The van der Waals surface area contributed by atoms with Crippen LogP contribution in [0.1, 0.15) is 22.4 Å². The van der Waals surface area contributed by atoms with Crippen molar-refractivity contribution in [3.63, 3.8) is 0 Å². The highest BCUT2D eigenvalue weighted by atomic mass is 19.4. The molecule has 160 valence electrons. The first kappa shape index (κ1) is 20.9. The number of aromatic nitrogens is 1. The summed E-state index contributed by atoms with van der Waals surface area (Å²) >= 11 is 0. The summed E-state index contributed by atoms with van der Waals surface area (Å²) in [5.74, 6) is -0.0908. The Balaban J connectivity index is 1.78. The van der Waals surface area contributed by atoms with E-state index in [1.165, 1.54) is 6.92 Å². The minimum absolute atomic E-state index is 0.119. The molecule has 7 heteroatoms. The lowest BCUT2D eigenvalue weighted by Gasteiger charge is -2.30. The lowest BCUT2D eigenvalue weighted by atomic mass is 10.1. The number of hydrogen-bond acceptors (Lipinski definition) is 3. The number of nitrogens with zero attached hydrogens (tertiary/aromatic N) is 3. The molecule has 1 amide bonds. The summed E-state index contributed by atoms with van der Waals surface area (Å²) in [6, 6.07) is 16.3. The van der Waals surface area contributed by atoms with Crippen LogP contribution < -0.4 is 9.80 Å². The molecule has 4 nitrogen and oxygen atoms in total. The number of aryl methyl sites for hydroxylation is 2. The van der Waals surface area contributed by atoms with Crippen LogP contribution in [0.4, 0.5) is 30.4 Å². The van der Waals surface area contributed by atoms with Crippen LogP contribution in [0.15, 0.2) is 60.7 Å². The molecule has 1 aromatic heterocycles. The van der Waals surface area contributed by atoms with E-state index >= 15 is 0 Å². The van der Waals surface area contributed by atoms with Gasteiger partial charge in [0.25, 0.3) is 0 Å². The smallest absolute Gasteiger partial charge is 0.314 e. The van der Waals surface area contributed by atoms with E-state index in [9.17, 15) is 18.0 Å². The zero-order chi connectivity index (χ0) is 22.3. The number of anilines is 3. The molecule has 0 bridgehead atoms. The summed E-state index contributed by atoms with van der Waals surface area (Å²) < 4.78 is 40.4. The van der Waals surface area contributed by atoms with Crippen LogP contribution in [0.2, 0.25) is 0 Å². The number of alkyl halides is 3. The molecule has 2 aromatic carbocycles. The Labute approximate surface area is 178 Å². The van der Waals surface area contributed by atoms with Crippen LogP contribution >= 0.6 is 0 Å². The van der Waals surface area contributed by atoms with Crippen molar-refractivity contribution >= 4 is 23.1 Å². The number of fused-ring (bicyclic) bond motifs is 1. The predicted octanol–water partition coefficient (Wildman–Crippen LogP) is 5.44. The molecule has 1 unspecified atom stereocenters. The molecule has 1 aliphatic rings. The average molecular weight is 425 g/mol. The predicted molar refractivity (Wildman–Crippen MR) is 115 cm³/mol. The van der Waals surface area contributed by atoms with Crippen LogP contribution in [0.3, 0.4) is 0 Å². The third kappa shape index (κ3) is 4.00. The molecule has 0 saturated carbocycles. The van der Waals surface area contributed by atoms with Crippen LogP contribution in [0.5, 0.6) is 0 Å². The Bertz CT molecular complexity index is 1140. The highest BCUT2D eigenvalue weighted by Crippen LogP contribution is 2.40. The van der Waals surface area contributed by atoms with Crippen molar-refractivity contribution in [1.82, 2.24) is 4.98 Å². The van der Waals surface area contributed by atoms with E-state index in [1.54, 1.807) is 16.8 Å². The zero-order valence-electron chi connectivity index (χ0n) is 17.4. The van der Waals surface area contributed by atoms with E-state index in [4.69, 9.17) is 0 Å². The summed E-state index contributed by atoms with van der Waals surface area (Å²) in [6.07, 6.45) is -4.11. The molecule has 0 fully saturated rings. The Morgan fingerprint density at radius 2 is 1.81 bits per heavy atom. The highest BCUT2D eigenvalue weighted by Gasteiger charge is 2.39. The van der Waals surface area contributed by atoms with Crippen LogP contribution in [0.25, 0.3) is 0 Å². The van der Waals surface area contributed by atoms with Gasteiger partial charge in [0.2, 0.25) is 5.91 Å². The van der Waals surface area contributed by atoms with Gasteiger partial charge in [-0.1, -0.05) is 30.3 Å². The van der Waals surface area contributed by atoms with Gasteiger partial charge in [0.05, 0.1) is 5.56 Å². The van der Waals surface area contributed by atoms with Gasteiger partial charge >= 0.3 is 6.18 Å². The Hall–Kier alpha value is -3.35. The van der Waals surface area contributed by atoms with Crippen molar-refractivity contribution in [2.75, 3.05) is 16.8 Å². The van der Waals surface area contributed by atoms with Gasteiger partial charge in [-0.15, -0.1) is 0 Å². The fraction of sp³-hybridized carbons (Fsp3) is 0.250. The van der Waals surface area contributed by atoms with E-state index in [0.717, 1.165) is 28.9 Å². The molecule has 2 heterocycles. The number of para-hydroxylation sites is 1. The number of halogens is 3. The summed E-state index contributed by atoms with van der Waals surface area (Å²) in [5.41, 5.74) is 2.80. The van der Waals surface area contributed by atoms with Gasteiger partial charge in [0, 0.05) is 30.5 Å². The highest BCUT2D eigenvalue weighted by molar-refractivity contribution is 6.01. The molecule has 0 aliphatic carbocycles. The van der Waals surface area contributed by atoms with E-state index < -0.39 is 17.8 Å². The molecule has 0 N–H and O–H groups in total. The normalized spacial score (nSPS) is 15.7. The molecule has 31 heavy (non-hydrogen) atoms. The van der Waals surface area contributed by atoms with Crippen molar-refractivity contribution in [3.05, 3.63) is 83.0 Å². The Kier molecular flexibility index (Phi) is 5.21. The lowest BCUT2D eigenvalue weighted by molar-refractivity contribution is -0.137. The first-order chi connectivity index (χ1) is 14.6. The molecule has 3 aromatic rings. The minimum atomic E-state index is -4.50. The molecule has 0 saturated heterocycles. The van der Waals surface area contributed by atoms with E-state index in [1.807, 2.05) is 55.5 Å². The maximum atomic E-state index is 13.5. The third-order valence-corrected chi connectivity index (χ3v) is 5.49. The molecule has 1 atom stereocenters. The first-order valence-electron chi connectivity index (χ1n) is 9.92. The van der Waals surface area contributed by atoms with E-state index in [-0.39, 0.29) is 17.4 Å². The van der Waals surface area contributed by atoms with Crippen LogP contribution in [-0.2, 0) is 17.4 Å². The molecule has 1 aliphatic heterocycles.